The van der Waals surface area contributed by atoms with Gasteiger partial charge in [-0.15, -0.1) is 24.0 Å². The third-order valence-electron chi connectivity index (χ3n) is 4.48. The Morgan fingerprint density at radius 2 is 1.92 bits per heavy atom. The number of halogens is 1. The first-order chi connectivity index (χ1) is 12.0. The number of carbonyl (C=O) groups is 1. The summed E-state index contributed by atoms with van der Waals surface area (Å²) < 4.78 is 0. The zero-order chi connectivity index (χ0) is 18.1. The number of likely N-dealkylation sites (N-methyl/N-ethyl adjacent to an activating group) is 1. The minimum Gasteiger partial charge on any atom is -0.356 e. The molecule has 1 amide bonds. The molecule has 2 N–H and O–H groups in total. The van der Waals surface area contributed by atoms with Gasteiger partial charge in [-0.1, -0.05) is 30.3 Å². The van der Waals surface area contributed by atoms with E-state index >= 15 is 0 Å². The summed E-state index contributed by atoms with van der Waals surface area (Å²) in [5.74, 6) is 1.76. The van der Waals surface area contributed by atoms with Gasteiger partial charge < -0.3 is 15.5 Å². The van der Waals surface area contributed by atoms with Crippen LogP contribution in [0.5, 0.6) is 0 Å². The van der Waals surface area contributed by atoms with E-state index < -0.39 is 0 Å². The van der Waals surface area contributed by atoms with Crippen molar-refractivity contribution in [2.75, 3.05) is 45.7 Å². The molecule has 0 spiro atoms. The lowest BCUT2D eigenvalue weighted by atomic mass is 9.96. The van der Waals surface area contributed by atoms with Crippen LogP contribution in [0, 0.1) is 5.41 Å². The number of nitrogens with zero attached hydrogens (tertiary/aromatic N) is 2. The van der Waals surface area contributed by atoms with E-state index in [1.807, 2.05) is 0 Å². The van der Waals surface area contributed by atoms with Gasteiger partial charge in [-0.05, 0) is 36.5 Å². The highest BCUT2D eigenvalue weighted by Crippen LogP contribution is 2.47. The molecule has 1 aliphatic carbocycles. The lowest BCUT2D eigenvalue weighted by Gasteiger charge is -2.19. The monoisotopic (exact) mass is 490 g/mol. The average molecular weight is 490 g/mol. The van der Waals surface area contributed by atoms with Crippen LogP contribution in [0.3, 0.4) is 0 Å². The molecule has 2 rings (SSSR count). The third-order valence-corrected chi connectivity index (χ3v) is 5.09. The zero-order valence-corrected chi connectivity index (χ0v) is 19.1. The highest BCUT2D eigenvalue weighted by atomic mass is 127. The van der Waals surface area contributed by atoms with Gasteiger partial charge in [-0.25, -0.2) is 4.99 Å². The lowest BCUT2D eigenvalue weighted by Crippen LogP contribution is -2.42. The molecule has 0 radical (unpaired) electrons. The number of carbonyl (C=O) groups excluding carboxylic acids is 1. The van der Waals surface area contributed by atoms with Gasteiger partial charge in [0.1, 0.15) is 6.54 Å². The predicted octanol–water partition coefficient (Wildman–Crippen LogP) is 2.61. The van der Waals surface area contributed by atoms with Crippen LogP contribution in [0.1, 0.15) is 18.4 Å². The van der Waals surface area contributed by atoms with E-state index in [2.05, 4.69) is 52.2 Å². The van der Waals surface area contributed by atoms with Gasteiger partial charge in [-0.2, -0.15) is 11.8 Å². The molecule has 0 saturated heterocycles. The van der Waals surface area contributed by atoms with Crippen molar-refractivity contribution in [3.8, 4) is 0 Å². The number of rotatable bonds is 9. The maximum absolute atomic E-state index is 11.8. The van der Waals surface area contributed by atoms with Crippen LogP contribution in [-0.4, -0.2) is 62.5 Å². The number of nitrogens with one attached hydrogen (secondary N) is 2. The van der Waals surface area contributed by atoms with E-state index in [1.54, 1.807) is 30.8 Å². The van der Waals surface area contributed by atoms with Crippen molar-refractivity contribution in [1.29, 1.82) is 0 Å². The van der Waals surface area contributed by atoms with E-state index in [1.165, 1.54) is 18.4 Å². The maximum Gasteiger partial charge on any atom is 0.243 e. The molecule has 1 aliphatic rings. The molecule has 0 atom stereocenters. The quantitative estimate of drug-likeness (QED) is 0.242. The Kier molecular flexibility index (Phi) is 10.4. The zero-order valence-electron chi connectivity index (χ0n) is 16.0. The number of amides is 1. The molecule has 0 aromatic heterocycles. The minimum absolute atomic E-state index is 0. The SMILES string of the molecule is CSCCNC(=NCC(=O)N(C)C)NCC1(Cc2ccccc2)CC1.I. The molecule has 1 aromatic rings. The summed E-state index contributed by atoms with van der Waals surface area (Å²) in [5, 5.41) is 6.78. The van der Waals surface area contributed by atoms with Gasteiger partial charge in [0.2, 0.25) is 5.91 Å². The Balaban J connectivity index is 0.00000338. The number of benzene rings is 1. The molecule has 1 saturated carbocycles. The number of thioether (sulfide) groups is 1. The first kappa shape index (κ1) is 23.1. The van der Waals surface area contributed by atoms with E-state index in [0.29, 0.717) is 5.41 Å². The maximum atomic E-state index is 11.8. The molecule has 0 aliphatic heterocycles. The third kappa shape index (κ3) is 8.16. The van der Waals surface area contributed by atoms with Crippen LogP contribution in [0.25, 0.3) is 0 Å². The highest BCUT2D eigenvalue weighted by molar-refractivity contribution is 14.0. The molecule has 0 bridgehead atoms. The number of hydrogen-bond acceptors (Lipinski definition) is 3. The fraction of sp³-hybridized carbons (Fsp3) is 0.579. The van der Waals surface area contributed by atoms with Crippen LogP contribution in [0.4, 0.5) is 0 Å². The summed E-state index contributed by atoms with van der Waals surface area (Å²) in [6, 6.07) is 10.7. The van der Waals surface area contributed by atoms with Crippen molar-refractivity contribution in [3.63, 3.8) is 0 Å². The van der Waals surface area contributed by atoms with E-state index in [0.717, 1.165) is 31.2 Å². The molecule has 146 valence electrons. The molecular formula is C19H31IN4OS. The van der Waals surface area contributed by atoms with Crippen molar-refractivity contribution in [2.24, 2.45) is 10.4 Å². The van der Waals surface area contributed by atoms with Gasteiger partial charge in [0.05, 0.1) is 0 Å². The fourth-order valence-electron chi connectivity index (χ4n) is 2.63. The molecule has 1 aromatic carbocycles. The summed E-state index contributed by atoms with van der Waals surface area (Å²) in [6.07, 6.45) is 5.66. The first-order valence-corrected chi connectivity index (χ1v) is 10.2. The van der Waals surface area contributed by atoms with Crippen LogP contribution < -0.4 is 10.6 Å². The van der Waals surface area contributed by atoms with E-state index in [-0.39, 0.29) is 36.4 Å². The second-order valence-corrected chi connectivity index (χ2v) is 7.87. The fourth-order valence-corrected chi connectivity index (χ4v) is 2.93. The summed E-state index contributed by atoms with van der Waals surface area (Å²) in [4.78, 5) is 17.8. The normalized spacial score (nSPS) is 15.0. The van der Waals surface area contributed by atoms with Gasteiger partial charge in [0.25, 0.3) is 0 Å². The van der Waals surface area contributed by atoms with E-state index in [4.69, 9.17) is 0 Å². The molecule has 1 fully saturated rings. The Morgan fingerprint density at radius 3 is 2.50 bits per heavy atom. The van der Waals surface area contributed by atoms with Crippen LogP contribution >= 0.6 is 35.7 Å². The number of guanidine groups is 1. The standard InChI is InChI=1S/C19H30N4OS.HI/c1-23(2)17(24)14-21-18(20-11-12-25-3)22-15-19(9-10-19)13-16-7-5-4-6-8-16;/h4-8H,9-15H2,1-3H3,(H2,20,21,22);1H. The van der Waals surface area contributed by atoms with Crippen LogP contribution in [0.2, 0.25) is 0 Å². The second-order valence-electron chi connectivity index (χ2n) is 6.89. The molecule has 7 heteroatoms. The Morgan fingerprint density at radius 1 is 1.23 bits per heavy atom. The molecule has 0 unspecified atom stereocenters. The van der Waals surface area contributed by atoms with Crippen molar-refractivity contribution in [2.45, 2.75) is 19.3 Å². The molecule has 5 nitrogen and oxygen atoms in total. The van der Waals surface area contributed by atoms with Gasteiger partial charge in [-0.3, -0.25) is 4.79 Å². The van der Waals surface area contributed by atoms with Crippen molar-refractivity contribution in [1.82, 2.24) is 15.5 Å². The van der Waals surface area contributed by atoms with Gasteiger partial charge in [0, 0.05) is 32.9 Å². The van der Waals surface area contributed by atoms with Crippen molar-refractivity contribution < 1.29 is 4.79 Å². The van der Waals surface area contributed by atoms with Gasteiger partial charge in [0.15, 0.2) is 5.96 Å². The Bertz CT molecular complexity index is 576. The van der Waals surface area contributed by atoms with Gasteiger partial charge >= 0.3 is 0 Å². The number of hydrogen-bond donors (Lipinski definition) is 2. The Labute approximate surface area is 178 Å². The lowest BCUT2D eigenvalue weighted by molar-refractivity contribution is -0.127. The summed E-state index contributed by atoms with van der Waals surface area (Å²) in [5.41, 5.74) is 1.72. The highest BCUT2D eigenvalue weighted by Gasteiger charge is 2.42. The largest absolute Gasteiger partial charge is 0.356 e. The summed E-state index contributed by atoms with van der Waals surface area (Å²) in [6.45, 7) is 1.91. The molecule has 0 heterocycles. The minimum atomic E-state index is 0. The predicted molar refractivity (Wildman–Crippen MR) is 123 cm³/mol. The number of aliphatic imine (C=N–C) groups is 1. The first-order valence-electron chi connectivity index (χ1n) is 8.80. The second kappa shape index (κ2) is 11.7. The van der Waals surface area contributed by atoms with Crippen LogP contribution in [-0.2, 0) is 11.2 Å². The molecular weight excluding hydrogens is 459 g/mol. The molecule has 26 heavy (non-hydrogen) atoms. The van der Waals surface area contributed by atoms with E-state index in [9.17, 15) is 4.79 Å². The smallest absolute Gasteiger partial charge is 0.243 e. The Hall–Kier alpha value is -0.960. The topological polar surface area (TPSA) is 56.7 Å². The van der Waals surface area contributed by atoms with Crippen molar-refractivity contribution in [3.05, 3.63) is 35.9 Å². The average Bonchev–Trinajstić information content (AvgIpc) is 3.37. The van der Waals surface area contributed by atoms with Crippen LogP contribution in [0.15, 0.2) is 35.3 Å². The summed E-state index contributed by atoms with van der Waals surface area (Å²) in [7, 11) is 3.51. The van der Waals surface area contributed by atoms with Crippen molar-refractivity contribution >= 4 is 47.6 Å². The summed E-state index contributed by atoms with van der Waals surface area (Å²) >= 11 is 1.79.